The molecule has 0 aliphatic carbocycles. The average molecular weight is 388 g/mol. The van der Waals surface area contributed by atoms with E-state index in [4.69, 9.17) is 9.26 Å². The molecule has 146 valence electrons. The monoisotopic (exact) mass is 388 g/mol. The lowest BCUT2D eigenvalue weighted by atomic mass is 10.1. The second-order valence-corrected chi connectivity index (χ2v) is 7.23. The Bertz CT molecular complexity index is 1160. The van der Waals surface area contributed by atoms with E-state index in [-0.39, 0.29) is 11.8 Å². The minimum atomic E-state index is -0.0660. The number of H-pyrrole nitrogens is 1. The predicted octanol–water partition coefficient (Wildman–Crippen LogP) is 3.74. The minimum absolute atomic E-state index is 0.0660. The highest BCUT2D eigenvalue weighted by molar-refractivity contribution is 5.92. The van der Waals surface area contributed by atoms with Crippen molar-refractivity contribution in [3.05, 3.63) is 66.1 Å². The van der Waals surface area contributed by atoms with E-state index < -0.39 is 0 Å². The maximum absolute atomic E-state index is 12.5. The molecule has 3 heterocycles. The second-order valence-electron chi connectivity index (χ2n) is 7.23. The van der Waals surface area contributed by atoms with Crippen LogP contribution in [0.3, 0.4) is 0 Å². The van der Waals surface area contributed by atoms with Crippen molar-refractivity contribution in [2.45, 2.75) is 18.9 Å². The van der Waals surface area contributed by atoms with Gasteiger partial charge in [-0.3, -0.25) is 4.79 Å². The van der Waals surface area contributed by atoms with Gasteiger partial charge < -0.3 is 19.1 Å². The molecule has 1 unspecified atom stereocenters. The number of nitrogens with one attached hydrogen (secondary N) is 1. The summed E-state index contributed by atoms with van der Waals surface area (Å²) in [7, 11) is 1.64. The molecule has 1 amide bonds. The van der Waals surface area contributed by atoms with E-state index in [1.165, 1.54) is 0 Å². The first-order valence-corrected chi connectivity index (χ1v) is 9.52. The number of methoxy groups -OCH3 is 1. The van der Waals surface area contributed by atoms with Crippen LogP contribution in [-0.4, -0.2) is 39.6 Å². The molecule has 2 aromatic heterocycles. The highest BCUT2D eigenvalue weighted by Gasteiger charge is 2.33. The first kappa shape index (κ1) is 17.5. The Hall–Kier alpha value is -3.61. The first-order valence-electron chi connectivity index (χ1n) is 9.52. The van der Waals surface area contributed by atoms with E-state index in [9.17, 15) is 4.79 Å². The molecule has 1 N–H and O–H groups in total. The molecule has 0 spiro atoms. The summed E-state index contributed by atoms with van der Waals surface area (Å²) in [4.78, 5) is 22.1. The summed E-state index contributed by atoms with van der Waals surface area (Å²) in [5.74, 6) is 1.90. The molecule has 0 saturated carbocycles. The van der Waals surface area contributed by atoms with Gasteiger partial charge in [0.05, 0.1) is 7.11 Å². The maximum atomic E-state index is 12.5. The zero-order valence-electron chi connectivity index (χ0n) is 16.0. The Morgan fingerprint density at radius 3 is 2.90 bits per heavy atom. The van der Waals surface area contributed by atoms with Gasteiger partial charge in [0.15, 0.2) is 5.82 Å². The topological polar surface area (TPSA) is 84.2 Å². The van der Waals surface area contributed by atoms with Crippen LogP contribution in [-0.2, 0) is 11.3 Å². The van der Waals surface area contributed by atoms with Gasteiger partial charge >= 0.3 is 0 Å². The molecule has 0 bridgehead atoms. The Kier molecular flexibility index (Phi) is 4.27. The number of amides is 1. The van der Waals surface area contributed by atoms with E-state index in [0.29, 0.717) is 31.2 Å². The van der Waals surface area contributed by atoms with Crippen LogP contribution in [0.1, 0.15) is 23.7 Å². The predicted molar refractivity (Wildman–Crippen MR) is 107 cm³/mol. The van der Waals surface area contributed by atoms with Crippen LogP contribution in [0.5, 0.6) is 5.75 Å². The normalized spacial score (nSPS) is 16.7. The third kappa shape index (κ3) is 3.24. The van der Waals surface area contributed by atoms with Crippen LogP contribution in [0.15, 0.2) is 59.3 Å². The molecule has 7 heteroatoms. The number of carbonyl (C=O) groups is 1. The number of benzene rings is 2. The Balaban J connectivity index is 1.33. The summed E-state index contributed by atoms with van der Waals surface area (Å²) in [6.45, 7) is 1.14. The van der Waals surface area contributed by atoms with Crippen LogP contribution in [0.2, 0.25) is 0 Å². The molecule has 0 radical (unpaired) electrons. The number of likely N-dealkylation sites (tertiary alicyclic amines) is 1. The Morgan fingerprint density at radius 1 is 1.21 bits per heavy atom. The second kappa shape index (κ2) is 7.09. The highest BCUT2D eigenvalue weighted by atomic mass is 16.5. The number of hydrogen-bond donors (Lipinski definition) is 1. The minimum Gasteiger partial charge on any atom is -0.497 e. The van der Waals surface area contributed by atoms with Gasteiger partial charge in [-0.05, 0) is 35.9 Å². The lowest BCUT2D eigenvalue weighted by Gasteiger charge is -2.16. The number of aromatic nitrogens is 3. The number of carbonyl (C=O) groups excluding carboxylic acids is 1. The molecule has 1 saturated heterocycles. The molecule has 1 aliphatic rings. The van der Waals surface area contributed by atoms with Gasteiger partial charge in [-0.25, -0.2) is 0 Å². The molecule has 2 aromatic carbocycles. The van der Waals surface area contributed by atoms with Crippen molar-refractivity contribution in [3.63, 3.8) is 0 Å². The molecule has 1 atom stereocenters. The van der Waals surface area contributed by atoms with E-state index in [1.54, 1.807) is 7.11 Å². The number of aromatic amines is 1. The van der Waals surface area contributed by atoms with Crippen molar-refractivity contribution < 1.29 is 14.1 Å². The molecular formula is C22H20N4O3. The number of nitrogens with zero attached hydrogens (tertiary/aromatic N) is 3. The van der Waals surface area contributed by atoms with Gasteiger partial charge in [0.25, 0.3) is 5.89 Å². The van der Waals surface area contributed by atoms with Crippen LogP contribution in [0.25, 0.3) is 22.4 Å². The fourth-order valence-corrected chi connectivity index (χ4v) is 3.83. The lowest BCUT2D eigenvalue weighted by Crippen LogP contribution is -2.24. The molecule has 4 aromatic rings. The number of ether oxygens (including phenoxy) is 1. The smallest absolute Gasteiger partial charge is 0.258 e. The van der Waals surface area contributed by atoms with Crippen molar-refractivity contribution in [2.75, 3.05) is 13.7 Å². The van der Waals surface area contributed by atoms with E-state index >= 15 is 0 Å². The fraction of sp³-hybridized carbons (Fsp3) is 0.227. The van der Waals surface area contributed by atoms with Gasteiger partial charge in [0.2, 0.25) is 5.91 Å². The SMILES string of the molecule is COc1ccc(CN2CC(c3noc(-c4cccc5[nH]ccc45)n3)CC2=O)cc1. The van der Waals surface area contributed by atoms with E-state index in [0.717, 1.165) is 27.8 Å². The molecule has 29 heavy (non-hydrogen) atoms. The molecular weight excluding hydrogens is 368 g/mol. The maximum Gasteiger partial charge on any atom is 0.258 e. The average Bonchev–Trinajstić information content (AvgIpc) is 3.48. The van der Waals surface area contributed by atoms with Gasteiger partial charge in [-0.2, -0.15) is 4.98 Å². The molecule has 1 aliphatic heterocycles. The Morgan fingerprint density at radius 2 is 2.07 bits per heavy atom. The van der Waals surface area contributed by atoms with Gasteiger partial charge in [0, 0.05) is 48.1 Å². The summed E-state index contributed by atoms with van der Waals surface area (Å²) in [5.41, 5.74) is 2.97. The quantitative estimate of drug-likeness (QED) is 0.563. The van der Waals surface area contributed by atoms with Crippen molar-refractivity contribution in [3.8, 4) is 17.2 Å². The third-order valence-corrected chi connectivity index (χ3v) is 5.38. The van der Waals surface area contributed by atoms with Crippen molar-refractivity contribution in [2.24, 2.45) is 0 Å². The highest BCUT2D eigenvalue weighted by Crippen LogP contribution is 2.31. The van der Waals surface area contributed by atoms with Gasteiger partial charge in [-0.1, -0.05) is 23.4 Å². The zero-order chi connectivity index (χ0) is 19.8. The van der Waals surface area contributed by atoms with Crippen LogP contribution in [0.4, 0.5) is 0 Å². The molecule has 1 fully saturated rings. The number of hydrogen-bond acceptors (Lipinski definition) is 5. The van der Waals surface area contributed by atoms with Crippen molar-refractivity contribution in [1.29, 1.82) is 0 Å². The summed E-state index contributed by atoms with van der Waals surface area (Å²) in [5, 5.41) is 5.21. The molecule has 5 rings (SSSR count). The van der Waals surface area contributed by atoms with Crippen LogP contribution >= 0.6 is 0 Å². The van der Waals surface area contributed by atoms with Crippen molar-refractivity contribution >= 4 is 16.8 Å². The van der Waals surface area contributed by atoms with Gasteiger partial charge in [0.1, 0.15) is 5.75 Å². The van der Waals surface area contributed by atoms with Gasteiger partial charge in [-0.15, -0.1) is 0 Å². The van der Waals surface area contributed by atoms with Crippen LogP contribution in [0, 0.1) is 0 Å². The largest absolute Gasteiger partial charge is 0.497 e. The van der Waals surface area contributed by atoms with E-state index in [2.05, 4.69) is 15.1 Å². The fourth-order valence-electron chi connectivity index (χ4n) is 3.83. The Labute approximate surface area is 167 Å². The van der Waals surface area contributed by atoms with Crippen molar-refractivity contribution in [1.82, 2.24) is 20.0 Å². The zero-order valence-corrected chi connectivity index (χ0v) is 16.0. The summed E-state index contributed by atoms with van der Waals surface area (Å²) in [6, 6.07) is 15.7. The summed E-state index contributed by atoms with van der Waals surface area (Å²) < 4.78 is 10.7. The lowest BCUT2D eigenvalue weighted by molar-refractivity contribution is -0.128. The summed E-state index contributed by atoms with van der Waals surface area (Å²) >= 11 is 0. The standard InChI is InChI=1S/C22H20N4O3/c1-28-16-7-5-14(6-8-16)12-26-13-15(11-20(26)27)21-24-22(29-25-21)18-3-2-4-19-17(18)9-10-23-19/h2-10,15,23H,11-13H2,1H3. The first-order chi connectivity index (χ1) is 14.2. The van der Waals surface area contributed by atoms with Crippen LogP contribution < -0.4 is 4.74 Å². The number of fused-ring (bicyclic) bond motifs is 1. The number of rotatable bonds is 5. The summed E-state index contributed by atoms with van der Waals surface area (Å²) in [6.07, 6.45) is 2.28. The third-order valence-electron chi connectivity index (χ3n) is 5.38. The molecule has 7 nitrogen and oxygen atoms in total. The van der Waals surface area contributed by atoms with E-state index in [1.807, 2.05) is 59.6 Å².